The van der Waals surface area contributed by atoms with Crippen molar-refractivity contribution in [3.8, 4) is 28.4 Å². The molecule has 0 N–H and O–H groups in total. The Morgan fingerprint density at radius 2 is 1.74 bits per heavy atom. The number of carbonyl (C=O) groups is 2. The maximum atomic E-state index is 14.3. The normalized spacial score (nSPS) is 14.5. The summed E-state index contributed by atoms with van der Waals surface area (Å²) in [6.45, 7) is 2.99. The van der Waals surface area contributed by atoms with Gasteiger partial charge in [-0.2, -0.15) is 5.10 Å². The van der Waals surface area contributed by atoms with Gasteiger partial charge in [0.2, 0.25) is 0 Å². The van der Waals surface area contributed by atoms with Crippen LogP contribution in [0.3, 0.4) is 0 Å². The average molecular weight is 700 g/mol. The highest BCUT2D eigenvalue weighted by molar-refractivity contribution is 9.10. The van der Waals surface area contributed by atoms with Gasteiger partial charge >= 0.3 is 11.9 Å². The molecule has 1 aliphatic heterocycles. The highest BCUT2D eigenvalue weighted by Gasteiger charge is 2.34. The van der Waals surface area contributed by atoms with Crippen molar-refractivity contribution < 1.29 is 23.8 Å². The lowest BCUT2D eigenvalue weighted by atomic mass is 9.95. The number of hydrogen-bond donors (Lipinski definition) is 0. The summed E-state index contributed by atoms with van der Waals surface area (Å²) in [6.07, 6.45) is 3.68. The molecule has 46 heavy (non-hydrogen) atoms. The lowest BCUT2D eigenvalue weighted by molar-refractivity contribution is -0.136. The van der Waals surface area contributed by atoms with E-state index in [1.807, 2.05) is 60.8 Å². The maximum absolute atomic E-state index is 14.3. The number of carbonyl (C=O) groups excluding carboxylic acids is 2. The summed E-state index contributed by atoms with van der Waals surface area (Å²) in [5, 5.41) is 4.88. The third kappa shape index (κ3) is 5.84. The first kappa shape index (κ1) is 30.9. The van der Waals surface area contributed by atoms with Gasteiger partial charge in [-0.1, -0.05) is 63.7 Å². The van der Waals surface area contributed by atoms with Crippen LogP contribution in [-0.2, 0) is 14.3 Å². The van der Waals surface area contributed by atoms with E-state index >= 15 is 0 Å². The molecule has 10 nitrogen and oxygen atoms in total. The molecule has 2 aromatic heterocycles. The Bertz CT molecular complexity index is 2200. The molecule has 0 radical (unpaired) electrons. The number of ether oxygens (including phenoxy) is 3. The van der Waals surface area contributed by atoms with E-state index in [9.17, 15) is 14.4 Å². The number of halogens is 1. The minimum absolute atomic E-state index is 0.205. The van der Waals surface area contributed by atoms with Gasteiger partial charge in [0.15, 0.2) is 16.3 Å². The highest BCUT2D eigenvalue weighted by Crippen LogP contribution is 2.36. The van der Waals surface area contributed by atoms with Gasteiger partial charge in [0.05, 0.1) is 47.4 Å². The van der Waals surface area contributed by atoms with Gasteiger partial charge in [0.25, 0.3) is 5.56 Å². The standard InChI is InChI=1S/C34H27BrN4O6S/c1-19-29(33(42)44-4)31(22-12-15-26(45-20(2)40)27(16-22)43-3)39-32(41)28(46-34(39)36-19)17-23-18-38(25-8-6-5-7-9-25)37-30(23)21-10-13-24(35)14-11-21/h5-18,31H,1-4H3. The molecule has 0 bridgehead atoms. The van der Waals surface area contributed by atoms with E-state index in [1.165, 1.54) is 37.0 Å². The van der Waals surface area contributed by atoms with E-state index < -0.39 is 18.0 Å². The summed E-state index contributed by atoms with van der Waals surface area (Å²) < 4.78 is 20.5. The zero-order valence-electron chi connectivity index (χ0n) is 25.2. The molecule has 0 aliphatic carbocycles. The molecule has 0 amide bonds. The van der Waals surface area contributed by atoms with Crippen molar-refractivity contribution in [3.63, 3.8) is 0 Å². The summed E-state index contributed by atoms with van der Waals surface area (Å²) in [5.41, 5.74) is 3.98. The minimum atomic E-state index is -0.885. The average Bonchev–Trinajstić information content (AvgIpc) is 3.61. The van der Waals surface area contributed by atoms with E-state index in [4.69, 9.17) is 19.3 Å². The number of allylic oxidation sites excluding steroid dienone is 1. The third-order valence-corrected chi connectivity index (χ3v) is 8.86. The van der Waals surface area contributed by atoms with Gasteiger partial charge in [0.1, 0.15) is 0 Å². The third-order valence-electron chi connectivity index (χ3n) is 7.35. The van der Waals surface area contributed by atoms with Crippen molar-refractivity contribution in [2.45, 2.75) is 19.9 Å². The van der Waals surface area contributed by atoms with Crippen LogP contribution in [0.4, 0.5) is 0 Å². The zero-order chi connectivity index (χ0) is 32.5. The molecular formula is C34H27BrN4O6S. The van der Waals surface area contributed by atoms with Crippen LogP contribution in [0.5, 0.6) is 11.5 Å². The quantitative estimate of drug-likeness (QED) is 0.174. The Kier molecular flexibility index (Phi) is 8.57. The molecular weight excluding hydrogens is 672 g/mol. The van der Waals surface area contributed by atoms with E-state index in [0.717, 1.165) is 21.3 Å². The molecule has 0 saturated carbocycles. The first-order chi connectivity index (χ1) is 22.2. The Labute approximate surface area is 275 Å². The maximum Gasteiger partial charge on any atom is 0.338 e. The molecule has 1 unspecified atom stereocenters. The zero-order valence-corrected chi connectivity index (χ0v) is 27.6. The predicted octanol–water partition coefficient (Wildman–Crippen LogP) is 4.96. The number of hydrogen-bond acceptors (Lipinski definition) is 9. The number of para-hydroxylation sites is 1. The monoisotopic (exact) mass is 698 g/mol. The number of rotatable bonds is 7. The van der Waals surface area contributed by atoms with Crippen LogP contribution in [0.1, 0.15) is 31.0 Å². The van der Waals surface area contributed by atoms with Crippen molar-refractivity contribution in [2.75, 3.05) is 14.2 Å². The second-order valence-corrected chi connectivity index (χ2v) is 12.2. The van der Waals surface area contributed by atoms with Crippen LogP contribution < -0.4 is 24.4 Å². The van der Waals surface area contributed by atoms with Gasteiger partial charge in [-0.25, -0.2) is 14.5 Å². The molecule has 3 aromatic carbocycles. The smallest absolute Gasteiger partial charge is 0.338 e. The summed E-state index contributed by atoms with van der Waals surface area (Å²) in [7, 11) is 2.72. The first-order valence-corrected chi connectivity index (χ1v) is 15.7. The van der Waals surface area contributed by atoms with Crippen LogP contribution in [0, 0.1) is 0 Å². The fraction of sp³-hybridized carbons (Fsp3) is 0.147. The van der Waals surface area contributed by atoms with Crippen molar-refractivity contribution in [1.82, 2.24) is 14.3 Å². The number of aromatic nitrogens is 3. The fourth-order valence-corrected chi connectivity index (χ4v) is 6.58. The predicted molar refractivity (Wildman–Crippen MR) is 177 cm³/mol. The minimum Gasteiger partial charge on any atom is -0.493 e. The van der Waals surface area contributed by atoms with Crippen molar-refractivity contribution in [1.29, 1.82) is 0 Å². The number of fused-ring (bicyclic) bond motifs is 1. The second-order valence-electron chi connectivity index (χ2n) is 10.3. The number of thiazole rings is 1. The molecule has 1 atom stereocenters. The van der Waals surface area contributed by atoms with Crippen LogP contribution >= 0.6 is 27.3 Å². The van der Waals surface area contributed by atoms with Gasteiger partial charge < -0.3 is 14.2 Å². The second kappa shape index (κ2) is 12.7. The number of benzene rings is 3. The first-order valence-electron chi connectivity index (χ1n) is 14.1. The van der Waals surface area contributed by atoms with Crippen LogP contribution in [0.25, 0.3) is 23.0 Å². The number of esters is 2. The van der Waals surface area contributed by atoms with Gasteiger partial charge in [0, 0.05) is 28.7 Å². The fourth-order valence-electron chi connectivity index (χ4n) is 5.28. The number of methoxy groups -OCH3 is 2. The molecule has 0 saturated heterocycles. The van der Waals surface area contributed by atoms with Crippen LogP contribution in [0.2, 0.25) is 0 Å². The largest absolute Gasteiger partial charge is 0.493 e. The topological polar surface area (TPSA) is 114 Å². The molecule has 1 aliphatic rings. The summed E-state index contributed by atoms with van der Waals surface area (Å²) in [5.74, 6) is -0.656. The van der Waals surface area contributed by atoms with E-state index in [-0.39, 0.29) is 22.6 Å². The van der Waals surface area contributed by atoms with Crippen molar-refractivity contribution in [3.05, 3.63) is 126 Å². The van der Waals surface area contributed by atoms with Gasteiger partial charge in [-0.05, 0) is 55.0 Å². The summed E-state index contributed by atoms with van der Waals surface area (Å²) in [4.78, 5) is 44.1. The van der Waals surface area contributed by atoms with E-state index in [0.29, 0.717) is 26.3 Å². The van der Waals surface area contributed by atoms with Crippen LogP contribution in [-0.4, -0.2) is 40.5 Å². The molecule has 6 rings (SSSR count). The van der Waals surface area contributed by atoms with Gasteiger partial charge in [-0.3, -0.25) is 14.2 Å². The van der Waals surface area contributed by atoms with Crippen LogP contribution in [0.15, 0.2) is 105 Å². The molecule has 0 spiro atoms. The molecule has 232 valence electrons. The molecule has 3 heterocycles. The highest BCUT2D eigenvalue weighted by atomic mass is 79.9. The summed E-state index contributed by atoms with van der Waals surface area (Å²) >= 11 is 4.70. The molecule has 5 aromatic rings. The Morgan fingerprint density at radius 1 is 1.00 bits per heavy atom. The Hall–Kier alpha value is -5.07. The summed E-state index contributed by atoms with van der Waals surface area (Å²) in [6, 6.07) is 21.5. The Morgan fingerprint density at radius 3 is 2.41 bits per heavy atom. The van der Waals surface area contributed by atoms with Crippen molar-refractivity contribution in [2.24, 2.45) is 4.99 Å². The van der Waals surface area contributed by atoms with E-state index in [1.54, 1.807) is 35.9 Å². The lowest BCUT2D eigenvalue weighted by Gasteiger charge is -2.25. The van der Waals surface area contributed by atoms with Crippen molar-refractivity contribution >= 4 is 45.3 Å². The number of nitrogens with zero attached hydrogens (tertiary/aromatic N) is 4. The lowest BCUT2D eigenvalue weighted by Crippen LogP contribution is -2.39. The van der Waals surface area contributed by atoms with Gasteiger partial charge in [-0.15, -0.1) is 0 Å². The Balaban J connectivity index is 1.56. The molecule has 12 heteroatoms. The SMILES string of the molecule is COC(=O)C1=C(C)N=c2sc(=Cc3cn(-c4ccccc4)nc3-c3ccc(Br)cc3)c(=O)n2C1c1ccc(OC(C)=O)c(OC)c1. The molecule has 0 fully saturated rings. The van der Waals surface area contributed by atoms with E-state index in [2.05, 4.69) is 20.9 Å².